The van der Waals surface area contributed by atoms with E-state index < -0.39 is 0 Å². The fourth-order valence-corrected chi connectivity index (χ4v) is 2.99. The molecule has 1 aromatic carbocycles. The van der Waals surface area contributed by atoms with E-state index in [-0.39, 0.29) is 12.5 Å². The van der Waals surface area contributed by atoms with Crippen LogP contribution in [0.4, 0.5) is 5.82 Å². The van der Waals surface area contributed by atoms with Gasteiger partial charge in [-0.25, -0.2) is 14.6 Å². The van der Waals surface area contributed by atoms with E-state index in [2.05, 4.69) is 25.7 Å². The zero-order chi connectivity index (χ0) is 20.8. The lowest BCUT2D eigenvalue weighted by Crippen LogP contribution is -2.31. The van der Waals surface area contributed by atoms with Crippen LogP contribution in [0.2, 0.25) is 0 Å². The number of aromatic nitrogens is 4. The van der Waals surface area contributed by atoms with Crippen LogP contribution in [0.3, 0.4) is 0 Å². The average molecular weight is 406 g/mol. The third kappa shape index (κ3) is 4.75. The molecule has 0 saturated heterocycles. The Bertz CT molecular complexity index is 1120. The van der Waals surface area contributed by atoms with Crippen LogP contribution >= 0.6 is 0 Å². The Morgan fingerprint density at radius 3 is 3.00 bits per heavy atom. The fourth-order valence-electron chi connectivity index (χ4n) is 2.99. The number of ether oxygens (including phenoxy) is 1. The Morgan fingerprint density at radius 2 is 2.17 bits per heavy atom. The largest absolute Gasteiger partial charge is 0.484 e. The van der Waals surface area contributed by atoms with Crippen molar-refractivity contribution in [2.24, 2.45) is 0 Å². The van der Waals surface area contributed by atoms with Gasteiger partial charge in [0.1, 0.15) is 23.7 Å². The van der Waals surface area contributed by atoms with Crippen LogP contribution < -0.4 is 15.4 Å². The number of nitrogens with zero attached hydrogens (tertiary/aromatic N) is 4. The molecule has 4 aromatic rings. The highest BCUT2D eigenvalue weighted by atomic mass is 16.5. The van der Waals surface area contributed by atoms with Gasteiger partial charge in [0.05, 0.1) is 30.9 Å². The molecule has 0 bridgehead atoms. The number of aryl methyl sites for hydroxylation is 1. The minimum absolute atomic E-state index is 0.0354. The second kappa shape index (κ2) is 9.08. The van der Waals surface area contributed by atoms with E-state index in [4.69, 9.17) is 9.15 Å². The fraction of sp³-hybridized carbons (Fsp3) is 0.238. The van der Waals surface area contributed by atoms with Crippen LogP contribution in [0.15, 0.2) is 59.6 Å². The maximum absolute atomic E-state index is 12.0. The number of carbonyl (C=O) groups is 1. The van der Waals surface area contributed by atoms with Gasteiger partial charge in [0.2, 0.25) is 0 Å². The summed E-state index contributed by atoms with van der Waals surface area (Å²) in [4.78, 5) is 20.6. The number of carbonyl (C=O) groups excluding carboxylic acids is 1. The van der Waals surface area contributed by atoms with Gasteiger partial charge < -0.3 is 19.8 Å². The summed E-state index contributed by atoms with van der Waals surface area (Å²) in [6.07, 6.45) is 4.83. The minimum Gasteiger partial charge on any atom is -0.484 e. The van der Waals surface area contributed by atoms with Crippen LogP contribution in [0, 0.1) is 6.92 Å². The number of nitrogens with one attached hydrogen (secondary N) is 2. The molecular formula is C21H22N6O3. The monoisotopic (exact) mass is 406 g/mol. The molecule has 9 heteroatoms. The number of furan rings is 1. The molecule has 0 aliphatic heterocycles. The molecular weight excluding hydrogens is 384 g/mol. The lowest BCUT2D eigenvalue weighted by Gasteiger charge is -2.09. The summed E-state index contributed by atoms with van der Waals surface area (Å²) in [5, 5.41) is 11.2. The average Bonchev–Trinajstić information content (AvgIpc) is 3.41. The summed E-state index contributed by atoms with van der Waals surface area (Å²) in [7, 11) is 0. The summed E-state index contributed by atoms with van der Waals surface area (Å²) in [6, 6.07) is 11.3. The van der Waals surface area contributed by atoms with E-state index in [9.17, 15) is 4.79 Å². The molecule has 9 nitrogen and oxygen atoms in total. The Balaban J connectivity index is 1.29. The van der Waals surface area contributed by atoms with Gasteiger partial charge in [0, 0.05) is 6.54 Å². The molecule has 0 fully saturated rings. The van der Waals surface area contributed by atoms with Gasteiger partial charge in [-0.1, -0.05) is 12.1 Å². The normalized spacial score (nSPS) is 10.8. The van der Waals surface area contributed by atoms with Crippen LogP contribution in [0.1, 0.15) is 11.3 Å². The maximum Gasteiger partial charge on any atom is 0.258 e. The standard InChI is InChI=1S/C21H22N6O3/c1-15-4-2-5-16(10-15)30-13-19(28)22-7-8-27-21-18(12-26-27)20(24-14-25-21)23-11-17-6-3-9-29-17/h2-6,9-10,12,14H,7-8,11,13H2,1H3,(H,22,28)(H,23,24,25). The van der Waals surface area contributed by atoms with Crippen LogP contribution in [0.5, 0.6) is 5.75 Å². The first kappa shape index (κ1) is 19.4. The number of rotatable bonds is 9. The van der Waals surface area contributed by atoms with Gasteiger partial charge in [0.15, 0.2) is 12.3 Å². The third-order valence-electron chi connectivity index (χ3n) is 4.45. The smallest absolute Gasteiger partial charge is 0.258 e. The van der Waals surface area contributed by atoms with Gasteiger partial charge in [-0.15, -0.1) is 0 Å². The lowest BCUT2D eigenvalue weighted by molar-refractivity contribution is -0.123. The molecule has 0 radical (unpaired) electrons. The maximum atomic E-state index is 12.0. The van der Waals surface area contributed by atoms with Crippen molar-refractivity contribution < 1.29 is 13.9 Å². The zero-order valence-electron chi connectivity index (χ0n) is 16.5. The van der Waals surface area contributed by atoms with Crippen molar-refractivity contribution in [3.8, 4) is 5.75 Å². The molecule has 4 rings (SSSR count). The highest BCUT2D eigenvalue weighted by molar-refractivity contribution is 5.86. The topological polar surface area (TPSA) is 107 Å². The van der Waals surface area contributed by atoms with Gasteiger partial charge in [0.25, 0.3) is 5.91 Å². The Labute approximate surface area is 173 Å². The van der Waals surface area contributed by atoms with E-state index in [0.717, 1.165) is 16.7 Å². The van der Waals surface area contributed by atoms with Crippen molar-refractivity contribution in [1.29, 1.82) is 0 Å². The van der Waals surface area contributed by atoms with E-state index >= 15 is 0 Å². The summed E-state index contributed by atoms with van der Waals surface area (Å²) in [6.45, 7) is 3.34. The summed E-state index contributed by atoms with van der Waals surface area (Å²) in [5.74, 6) is 1.97. The first-order valence-corrected chi connectivity index (χ1v) is 9.58. The summed E-state index contributed by atoms with van der Waals surface area (Å²) in [5.41, 5.74) is 1.77. The van der Waals surface area contributed by atoms with Gasteiger partial charge >= 0.3 is 0 Å². The van der Waals surface area contributed by atoms with E-state index in [0.29, 0.717) is 36.8 Å². The van der Waals surface area contributed by atoms with Gasteiger partial charge in [-0.05, 0) is 36.8 Å². The molecule has 1 amide bonds. The highest BCUT2D eigenvalue weighted by Gasteiger charge is 2.10. The number of hydrogen-bond acceptors (Lipinski definition) is 7. The predicted octanol–water partition coefficient (Wildman–Crippen LogP) is 2.54. The molecule has 0 spiro atoms. The van der Waals surface area contributed by atoms with Crippen molar-refractivity contribution in [2.45, 2.75) is 20.0 Å². The number of fused-ring (bicyclic) bond motifs is 1. The lowest BCUT2D eigenvalue weighted by atomic mass is 10.2. The molecule has 154 valence electrons. The summed E-state index contributed by atoms with van der Waals surface area (Å²) < 4.78 is 12.6. The van der Waals surface area contributed by atoms with Crippen LogP contribution in [-0.2, 0) is 17.9 Å². The van der Waals surface area contributed by atoms with E-state index in [1.807, 2.05) is 43.3 Å². The first-order valence-electron chi connectivity index (χ1n) is 9.58. The molecule has 3 aromatic heterocycles. The third-order valence-corrected chi connectivity index (χ3v) is 4.45. The van der Waals surface area contributed by atoms with Crippen molar-refractivity contribution in [2.75, 3.05) is 18.5 Å². The van der Waals surface area contributed by atoms with Crippen molar-refractivity contribution in [3.63, 3.8) is 0 Å². The molecule has 0 unspecified atom stereocenters. The van der Waals surface area contributed by atoms with E-state index in [1.54, 1.807) is 17.1 Å². The molecule has 0 atom stereocenters. The van der Waals surface area contributed by atoms with Crippen molar-refractivity contribution in [1.82, 2.24) is 25.1 Å². The molecule has 3 heterocycles. The van der Waals surface area contributed by atoms with Gasteiger partial charge in [-0.2, -0.15) is 5.10 Å². The molecule has 30 heavy (non-hydrogen) atoms. The number of hydrogen-bond donors (Lipinski definition) is 2. The van der Waals surface area contributed by atoms with Crippen LogP contribution in [0.25, 0.3) is 11.0 Å². The van der Waals surface area contributed by atoms with E-state index in [1.165, 1.54) is 6.33 Å². The zero-order valence-corrected chi connectivity index (χ0v) is 16.5. The Kier molecular flexibility index (Phi) is 5.88. The van der Waals surface area contributed by atoms with Crippen molar-refractivity contribution in [3.05, 3.63) is 66.5 Å². The van der Waals surface area contributed by atoms with Gasteiger partial charge in [-0.3, -0.25) is 4.79 Å². The van der Waals surface area contributed by atoms with Crippen LogP contribution in [-0.4, -0.2) is 38.8 Å². The van der Waals surface area contributed by atoms with Crippen molar-refractivity contribution >= 4 is 22.8 Å². The Hall–Kier alpha value is -3.88. The SMILES string of the molecule is Cc1cccc(OCC(=O)NCCn2ncc3c(NCc4ccco4)ncnc32)c1. The Morgan fingerprint density at radius 1 is 1.23 bits per heavy atom. The first-order chi connectivity index (χ1) is 14.7. The second-order valence-electron chi connectivity index (χ2n) is 6.72. The molecule has 0 aliphatic rings. The molecule has 2 N–H and O–H groups in total. The second-order valence-corrected chi connectivity index (χ2v) is 6.72. The molecule has 0 saturated carbocycles. The minimum atomic E-state index is -0.191. The number of amides is 1. The predicted molar refractivity (Wildman–Crippen MR) is 111 cm³/mol. The highest BCUT2D eigenvalue weighted by Crippen LogP contribution is 2.19. The molecule has 0 aliphatic carbocycles. The number of anilines is 1. The summed E-state index contributed by atoms with van der Waals surface area (Å²) >= 11 is 0. The quantitative estimate of drug-likeness (QED) is 0.440. The number of benzene rings is 1.